The van der Waals surface area contributed by atoms with E-state index in [2.05, 4.69) is 15.0 Å². The van der Waals surface area contributed by atoms with Crippen molar-refractivity contribution >= 4 is 22.4 Å². The minimum absolute atomic E-state index is 0.00843. The van der Waals surface area contributed by atoms with Crippen molar-refractivity contribution < 1.29 is 13.2 Å². The molecule has 0 fully saturated rings. The second-order valence-corrected chi connectivity index (χ2v) is 5.90. The second-order valence-electron chi connectivity index (χ2n) is 5.90. The average Bonchev–Trinajstić information content (AvgIpc) is 3.05. The van der Waals surface area contributed by atoms with Crippen molar-refractivity contribution in [2.75, 3.05) is 18.0 Å². The van der Waals surface area contributed by atoms with Crippen molar-refractivity contribution in [3.05, 3.63) is 60.1 Å². The molecule has 0 aliphatic carbocycles. The maximum absolute atomic E-state index is 13.2. The van der Waals surface area contributed by atoms with Crippen LogP contribution in [0.4, 0.5) is 19.0 Å². The van der Waals surface area contributed by atoms with Crippen LogP contribution >= 0.6 is 0 Å². The van der Waals surface area contributed by atoms with Crippen molar-refractivity contribution in [2.45, 2.75) is 12.6 Å². The molecule has 0 saturated carbocycles. The number of H-pyrrole nitrogens is 1. The summed E-state index contributed by atoms with van der Waals surface area (Å²) in [5.41, 5.74) is 2.29. The Kier molecular flexibility index (Phi) is 3.71. The van der Waals surface area contributed by atoms with Crippen LogP contribution in [0, 0.1) is 0 Å². The Bertz CT molecular complexity index is 943. The standard InChI is InChI=1S/C18H15F3N4/c19-18(20,21)15-4-2-8-23-17(15)25-9-5-12(6-10-25)14-11-24-16-13(14)3-1-7-22-16/h1-5,7-8,11H,6,9-10H2,(H,22,24). The zero-order chi connectivity index (χ0) is 17.4. The van der Waals surface area contributed by atoms with Gasteiger partial charge in [0.05, 0.1) is 5.56 Å². The van der Waals surface area contributed by atoms with Crippen LogP contribution in [0.25, 0.3) is 16.6 Å². The lowest BCUT2D eigenvalue weighted by Crippen LogP contribution is -2.31. The zero-order valence-corrected chi connectivity index (χ0v) is 13.2. The molecule has 7 heteroatoms. The number of hydrogen-bond acceptors (Lipinski definition) is 3. The van der Waals surface area contributed by atoms with Gasteiger partial charge < -0.3 is 9.88 Å². The van der Waals surface area contributed by atoms with Gasteiger partial charge in [-0.1, -0.05) is 6.08 Å². The summed E-state index contributed by atoms with van der Waals surface area (Å²) in [6.45, 7) is 0.876. The molecule has 4 nitrogen and oxygen atoms in total. The Hall–Kier alpha value is -2.83. The van der Waals surface area contributed by atoms with Gasteiger partial charge in [0.15, 0.2) is 0 Å². The van der Waals surface area contributed by atoms with Crippen LogP contribution in [0.3, 0.4) is 0 Å². The van der Waals surface area contributed by atoms with E-state index in [9.17, 15) is 13.2 Å². The van der Waals surface area contributed by atoms with Crippen LogP contribution in [0.1, 0.15) is 17.5 Å². The van der Waals surface area contributed by atoms with Gasteiger partial charge in [0.1, 0.15) is 11.5 Å². The molecule has 1 N–H and O–H groups in total. The summed E-state index contributed by atoms with van der Waals surface area (Å²) in [6, 6.07) is 6.25. The molecule has 3 aromatic rings. The summed E-state index contributed by atoms with van der Waals surface area (Å²) in [5.74, 6) is -0.00843. The van der Waals surface area contributed by atoms with E-state index in [4.69, 9.17) is 0 Å². The molecule has 128 valence electrons. The largest absolute Gasteiger partial charge is 0.419 e. The Labute approximate surface area is 142 Å². The van der Waals surface area contributed by atoms with E-state index in [0.29, 0.717) is 19.5 Å². The van der Waals surface area contributed by atoms with E-state index in [1.807, 2.05) is 24.4 Å². The highest BCUT2D eigenvalue weighted by Crippen LogP contribution is 2.37. The lowest BCUT2D eigenvalue weighted by Gasteiger charge is -2.29. The number of nitrogens with one attached hydrogen (secondary N) is 1. The quantitative estimate of drug-likeness (QED) is 0.755. The van der Waals surface area contributed by atoms with Gasteiger partial charge in [-0.15, -0.1) is 0 Å². The van der Waals surface area contributed by atoms with E-state index < -0.39 is 11.7 Å². The fourth-order valence-corrected chi connectivity index (χ4v) is 3.20. The zero-order valence-electron chi connectivity index (χ0n) is 13.2. The predicted octanol–water partition coefficient (Wildman–Crippen LogP) is 4.27. The van der Waals surface area contributed by atoms with Gasteiger partial charge in [-0.05, 0) is 36.3 Å². The number of hydrogen-bond donors (Lipinski definition) is 1. The number of rotatable bonds is 2. The Morgan fingerprint density at radius 3 is 2.64 bits per heavy atom. The third-order valence-electron chi connectivity index (χ3n) is 4.40. The maximum Gasteiger partial charge on any atom is 0.419 e. The molecule has 1 aliphatic rings. The molecule has 3 aromatic heterocycles. The first-order valence-corrected chi connectivity index (χ1v) is 7.93. The number of pyridine rings is 2. The molecule has 0 unspecified atom stereocenters. The fraction of sp³-hybridized carbons (Fsp3) is 0.222. The van der Waals surface area contributed by atoms with E-state index in [1.165, 1.54) is 12.3 Å². The first kappa shape index (κ1) is 15.7. The molecule has 0 amide bonds. The molecule has 0 atom stereocenters. The SMILES string of the molecule is FC(F)(F)c1cccnc1N1CC=C(c2c[nH]c3ncccc23)CC1. The van der Waals surface area contributed by atoms with Crippen molar-refractivity contribution in [1.82, 2.24) is 15.0 Å². The first-order valence-electron chi connectivity index (χ1n) is 7.93. The number of aromatic amines is 1. The lowest BCUT2D eigenvalue weighted by molar-refractivity contribution is -0.137. The van der Waals surface area contributed by atoms with E-state index in [0.717, 1.165) is 28.2 Å². The molecule has 4 rings (SSSR count). The summed E-state index contributed by atoms with van der Waals surface area (Å²) in [7, 11) is 0. The second kappa shape index (κ2) is 5.91. The topological polar surface area (TPSA) is 44.8 Å². The summed E-state index contributed by atoms with van der Waals surface area (Å²) >= 11 is 0. The third kappa shape index (κ3) is 2.86. The lowest BCUT2D eigenvalue weighted by atomic mass is 9.99. The van der Waals surface area contributed by atoms with Crippen LogP contribution in [-0.4, -0.2) is 28.0 Å². The normalized spacial score (nSPS) is 15.5. The van der Waals surface area contributed by atoms with Crippen LogP contribution in [-0.2, 0) is 6.18 Å². The minimum atomic E-state index is -4.41. The van der Waals surface area contributed by atoms with Gasteiger partial charge in [-0.2, -0.15) is 13.2 Å². The molecule has 0 spiro atoms. The molecule has 0 aromatic carbocycles. The molecule has 25 heavy (non-hydrogen) atoms. The predicted molar refractivity (Wildman–Crippen MR) is 90.1 cm³/mol. The smallest absolute Gasteiger partial charge is 0.352 e. The van der Waals surface area contributed by atoms with Crippen molar-refractivity contribution in [2.24, 2.45) is 0 Å². The molecular weight excluding hydrogens is 329 g/mol. The van der Waals surface area contributed by atoms with Gasteiger partial charge in [-0.25, -0.2) is 9.97 Å². The summed E-state index contributed by atoms with van der Waals surface area (Å²) < 4.78 is 39.6. The molecule has 1 aliphatic heterocycles. The molecule has 4 heterocycles. The van der Waals surface area contributed by atoms with Crippen LogP contribution in [0.2, 0.25) is 0 Å². The van der Waals surface area contributed by atoms with Gasteiger partial charge in [-0.3, -0.25) is 0 Å². The highest BCUT2D eigenvalue weighted by atomic mass is 19.4. The number of fused-ring (bicyclic) bond motifs is 1. The van der Waals surface area contributed by atoms with Gasteiger partial charge >= 0.3 is 6.18 Å². The summed E-state index contributed by atoms with van der Waals surface area (Å²) in [5, 5.41) is 1.02. The summed E-state index contributed by atoms with van der Waals surface area (Å²) in [4.78, 5) is 13.0. The van der Waals surface area contributed by atoms with Crippen molar-refractivity contribution in [3.8, 4) is 0 Å². The number of nitrogens with zero attached hydrogens (tertiary/aromatic N) is 3. The minimum Gasteiger partial charge on any atom is -0.352 e. The highest BCUT2D eigenvalue weighted by molar-refractivity contribution is 5.91. The van der Waals surface area contributed by atoms with Gasteiger partial charge in [0, 0.05) is 42.6 Å². The van der Waals surface area contributed by atoms with Crippen molar-refractivity contribution in [3.63, 3.8) is 0 Å². The Balaban J connectivity index is 1.63. The van der Waals surface area contributed by atoms with E-state index in [1.54, 1.807) is 11.1 Å². The van der Waals surface area contributed by atoms with Crippen LogP contribution in [0.5, 0.6) is 0 Å². The third-order valence-corrected chi connectivity index (χ3v) is 4.40. The maximum atomic E-state index is 13.2. The molecular formula is C18H15F3N4. The number of halogens is 3. The van der Waals surface area contributed by atoms with E-state index in [-0.39, 0.29) is 5.82 Å². The van der Waals surface area contributed by atoms with Gasteiger partial charge in [0.2, 0.25) is 0 Å². The first-order chi connectivity index (χ1) is 12.0. The average molecular weight is 344 g/mol. The number of anilines is 1. The van der Waals surface area contributed by atoms with Crippen molar-refractivity contribution in [1.29, 1.82) is 0 Å². The molecule has 0 radical (unpaired) electrons. The van der Waals surface area contributed by atoms with Crippen LogP contribution < -0.4 is 4.90 Å². The Morgan fingerprint density at radius 2 is 1.88 bits per heavy atom. The summed E-state index contributed by atoms with van der Waals surface area (Å²) in [6.07, 6.45) is 3.23. The van der Waals surface area contributed by atoms with Gasteiger partial charge in [0.25, 0.3) is 0 Å². The monoisotopic (exact) mass is 344 g/mol. The number of alkyl halides is 3. The Morgan fingerprint density at radius 1 is 1.08 bits per heavy atom. The molecule has 0 bridgehead atoms. The number of aromatic nitrogens is 3. The van der Waals surface area contributed by atoms with Crippen LogP contribution in [0.15, 0.2) is 48.9 Å². The molecule has 0 saturated heterocycles. The fourth-order valence-electron chi connectivity index (χ4n) is 3.20. The van der Waals surface area contributed by atoms with E-state index >= 15 is 0 Å². The highest BCUT2D eigenvalue weighted by Gasteiger charge is 2.35.